The van der Waals surface area contributed by atoms with Gasteiger partial charge in [-0.3, -0.25) is 0 Å². The van der Waals surface area contributed by atoms with Crippen molar-refractivity contribution in [1.82, 2.24) is 0 Å². The van der Waals surface area contributed by atoms with Gasteiger partial charge in [0, 0.05) is 12.3 Å². The molecule has 1 aliphatic heterocycles. The Morgan fingerprint density at radius 3 is 2.86 bits per heavy atom. The Hall–Kier alpha value is -0.600. The van der Waals surface area contributed by atoms with Gasteiger partial charge < -0.3 is 9.84 Å². The Bertz CT molecular complexity index is 274. The normalized spacial score (nSPS) is 38.8. The number of rotatable bonds is 1. The zero-order valence-corrected chi connectivity index (χ0v) is 8.86. The molecule has 0 unspecified atom stereocenters. The van der Waals surface area contributed by atoms with Gasteiger partial charge in [0.05, 0.1) is 18.8 Å². The molecule has 2 aliphatic rings. The van der Waals surface area contributed by atoms with Crippen molar-refractivity contribution in [2.45, 2.75) is 38.9 Å². The van der Waals surface area contributed by atoms with Gasteiger partial charge in [0.2, 0.25) is 0 Å². The molecule has 1 aliphatic carbocycles. The fraction of sp³-hybridized carbons (Fsp3) is 0.667. The molecule has 1 heterocycles. The summed E-state index contributed by atoms with van der Waals surface area (Å²) in [7, 11) is 0. The standard InChI is InChI=1S/C12H18O2/c1-8(2)3-4-9-5-10(13)6-12-11(9)7-14-12/h3-4,10-13H,5-7H2,1-2H3/b9-4+/t10-,11+,12+/m1/s1. The molecule has 0 amide bonds. The average molecular weight is 194 g/mol. The minimum absolute atomic E-state index is 0.201. The molecule has 0 aromatic rings. The molecule has 1 saturated carbocycles. The number of fused-ring (bicyclic) bond motifs is 1. The SMILES string of the molecule is CC(C)=C/C=C1\C[C@@H](O)C[C@@H]2OC[C@@H]12. The zero-order valence-electron chi connectivity index (χ0n) is 8.86. The number of ether oxygens (including phenoxy) is 1. The van der Waals surface area contributed by atoms with Crippen LogP contribution >= 0.6 is 0 Å². The summed E-state index contributed by atoms with van der Waals surface area (Å²) >= 11 is 0. The van der Waals surface area contributed by atoms with E-state index in [1.54, 1.807) is 0 Å². The third kappa shape index (κ3) is 1.91. The molecule has 1 N–H and O–H groups in total. The molecule has 0 spiro atoms. The molecule has 0 aromatic carbocycles. The fourth-order valence-corrected chi connectivity index (χ4v) is 2.15. The van der Waals surface area contributed by atoms with Crippen LogP contribution in [0.1, 0.15) is 26.7 Å². The number of allylic oxidation sites excluding steroid dienone is 3. The van der Waals surface area contributed by atoms with Gasteiger partial charge in [-0.15, -0.1) is 0 Å². The third-order valence-corrected chi connectivity index (χ3v) is 3.02. The molecular weight excluding hydrogens is 176 g/mol. The van der Waals surface area contributed by atoms with Gasteiger partial charge in [0.1, 0.15) is 0 Å². The van der Waals surface area contributed by atoms with Crippen LogP contribution in [0.4, 0.5) is 0 Å². The van der Waals surface area contributed by atoms with Crippen LogP contribution in [0.15, 0.2) is 23.3 Å². The van der Waals surface area contributed by atoms with Gasteiger partial charge >= 0.3 is 0 Å². The maximum atomic E-state index is 9.63. The van der Waals surface area contributed by atoms with E-state index in [-0.39, 0.29) is 12.2 Å². The molecular formula is C12H18O2. The molecule has 2 rings (SSSR count). The highest BCUT2D eigenvalue weighted by Gasteiger charge is 2.40. The minimum Gasteiger partial charge on any atom is -0.393 e. The first kappa shape index (κ1) is 9.94. The van der Waals surface area contributed by atoms with Gasteiger partial charge in [0.15, 0.2) is 0 Å². The summed E-state index contributed by atoms with van der Waals surface area (Å²) in [5.41, 5.74) is 2.66. The van der Waals surface area contributed by atoms with Crippen molar-refractivity contribution in [1.29, 1.82) is 0 Å². The molecule has 2 heteroatoms. The summed E-state index contributed by atoms with van der Waals surface area (Å²) in [6.07, 6.45) is 6.02. The van der Waals surface area contributed by atoms with Crippen LogP contribution in [-0.4, -0.2) is 23.9 Å². The maximum Gasteiger partial charge on any atom is 0.0687 e. The van der Waals surface area contributed by atoms with E-state index in [9.17, 15) is 5.11 Å². The highest BCUT2D eigenvalue weighted by Crippen LogP contribution is 2.38. The third-order valence-electron chi connectivity index (χ3n) is 3.02. The lowest BCUT2D eigenvalue weighted by Crippen LogP contribution is -2.47. The Morgan fingerprint density at radius 2 is 2.29 bits per heavy atom. The largest absolute Gasteiger partial charge is 0.393 e. The van der Waals surface area contributed by atoms with Crippen molar-refractivity contribution in [2.24, 2.45) is 5.92 Å². The van der Waals surface area contributed by atoms with E-state index in [2.05, 4.69) is 26.0 Å². The van der Waals surface area contributed by atoms with Crippen LogP contribution in [-0.2, 0) is 4.74 Å². The minimum atomic E-state index is -0.201. The quantitative estimate of drug-likeness (QED) is 0.692. The molecule has 0 radical (unpaired) electrons. The van der Waals surface area contributed by atoms with Crippen molar-refractivity contribution < 1.29 is 9.84 Å². The van der Waals surface area contributed by atoms with Gasteiger partial charge in [-0.25, -0.2) is 0 Å². The van der Waals surface area contributed by atoms with E-state index in [1.807, 2.05) is 0 Å². The highest BCUT2D eigenvalue weighted by atomic mass is 16.5. The molecule has 78 valence electrons. The lowest BCUT2D eigenvalue weighted by Gasteiger charge is -2.44. The predicted octanol–water partition coefficient (Wildman–Crippen LogP) is 2.05. The molecule has 2 nitrogen and oxygen atoms in total. The van der Waals surface area contributed by atoms with E-state index in [4.69, 9.17) is 4.74 Å². The van der Waals surface area contributed by atoms with Crippen LogP contribution in [0.3, 0.4) is 0 Å². The maximum absolute atomic E-state index is 9.63. The van der Waals surface area contributed by atoms with Gasteiger partial charge in [0.25, 0.3) is 0 Å². The highest BCUT2D eigenvalue weighted by molar-refractivity contribution is 5.23. The smallest absolute Gasteiger partial charge is 0.0687 e. The fourth-order valence-electron chi connectivity index (χ4n) is 2.15. The number of aliphatic hydroxyl groups excluding tert-OH is 1. The summed E-state index contributed by atoms with van der Waals surface area (Å²) in [4.78, 5) is 0. The number of aliphatic hydroxyl groups is 1. The van der Waals surface area contributed by atoms with Gasteiger partial charge in [-0.1, -0.05) is 23.3 Å². The van der Waals surface area contributed by atoms with E-state index >= 15 is 0 Å². The molecule has 2 fully saturated rings. The summed E-state index contributed by atoms with van der Waals surface area (Å²) in [5.74, 6) is 0.578. The van der Waals surface area contributed by atoms with E-state index < -0.39 is 0 Å². The molecule has 3 atom stereocenters. The summed E-state index contributed by atoms with van der Waals surface area (Å²) < 4.78 is 5.42. The summed E-state index contributed by atoms with van der Waals surface area (Å²) in [5, 5.41) is 9.63. The van der Waals surface area contributed by atoms with Crippen molar-refractivity contribution in [3.63, 3.8) is 0 Å². The van der Waals surface area contributed by atoms with E-state index in [0.29, 0.717) is 5.92 Å². The summed E-state index contributed by atoms with van der Waals surface area (Å²) in [6, 6.07) is 0. The van der Waals surface area contributed by atoms with Crippen LogP contribution in [0, 0.1) is 5.92 Å². The summed E-state index contributed by atoms with van der Waals surface area (Å²) in [6.45, 7) is 5.02. The van der Waals surface area contributed by atoms with Crippen LogP contribution in [0.25, 0.3) is 0 Å². The Labute approximate surface area is 85.3 Å². The Kier molecular flexibility index (Phi) is 2.75. The number of hydrogen-bond donors (Lipinski definition) is 1. The monoisotopic (exact) mass is 194 g/mol. The number of hydrogen-bond acceptors (Lipinski definition) is 2. The molecule has 14 heavy (non-hydrogen) atoms. The first-order valence-corrected chi connectivity index (χ1v) is 5.30. The zero-order chi connectivity index (χ0) is 10.1. The molecule has 0 bridgehead atoms. The Morgan fingerprint density at radius 1 is 1.50 bits per heavy atom. The second-order valence-electron chi connectivity index (χ2n) is 4.56. The predicted molar refractivity (Wildman–Crippen MR) is 56.0 cm³/mol. The van der Waals surface area contributed by atoms with Crippen LogP contribution in [0.2, 0.25) is 0 Å². The van der Waals surface area contributed by atoms with Gasteiger partial charge in [-0.2, -0.15) is 0 Å². The van der Waals surface area contributed by atoms with Gasteiger partial charge in [-0.05, 0) is 20.3 Å². The van der Waals surface area contributed by atoms with E-state index in [0.717, 1.165) is 19.4 Å². The first-order valence-electron chi connectivity index (χ1n) is 5.30. The molecule has 0 aromatic heterocycles. The van der Waals surface area contributed by atoms with Crippen molar-refractivity contribution in [2.75, 3.05) is 6.61 Å². The topological polar surface area (TPSA) is 29.5 Å². The van der Waals surface area contributed by atoms with Crippen molar-refractivity contribution in [3.8, 4) is 0 Å². The van der Waals surface area contributed by atoms with Crippen molar-refractivity contribution in [3.05, 3.63) is 23.3 Å². The average Bonchev–Trinajstić information content (AvgIpc) is 2.06. The Balaban J connectivity index is 2.09. The lowest BCUT2D eigenvalue weighted by molar-refractivity contribution is -0.131. The van der Waals surface area contributed by atoms with Crippen LogP contribution in [0.5, 0.6) is 0 Å². The first-order chi connectivity index (χ1) is 6.66. The lowest BCUT2D eigenvalue weighted by atomic mass is 9.77. The van der Waals surface area contributed by atoms with Crippen LogP contribution < -0.4 is 0 Å². The van der Waals surface area contributed by atoms with E-state index in [1.165, 1.54) is 11.1 Å². The van der Waals surface area contributed by atoms with Crippen molar-refractivity contribution >= 4 is 0 Å². The second kappa shape index (κ2) is 3.87. The molecule has 1 saturated heterocycles. The second-order valence-corrected chi connectivity index (χ2v) is 4.56.